The molecule has 4 fully saturated rings. The molecule has 1 aliphatic carbocycles. The molecule has 4 aliphatic rings. The van der Waals surface area contributed by atoms with Crippen molar-refractivity contribution >= 4 is 11.8 Å². The molecule has 1 N–H and O–H groups in total. The fraction of sp³-hybridized carbons (Fsp3) is 0.583. The van der Waals surface area contributed by atoms with Crippen LogP contribution in [0, 0.1) is 23.2 Å². The van der Waals surface area contributed by atoms with Gasteiger partial charge < -0.3 is 9.80 Å². The van der Waals surface area contributed by atoms with Crippen molar-refractivity contribution in [2.24, 2.45) is 11.8 Å². The van der Waals surface area contributed by atoms with Crippen LogP contribution in [0.2, 0.25) is 0 Å². The second-order valence-electron chi connectivity index (χ2n) is 10.2. The second kappa shape index (κ2) is 7.87. The van der Waals surface area contributed by atoms with E-state index < -0.39 is 0 Å². The molecule has 4 heterocycles. The predicted octanol–water partition coefficient (Wildman–Crippen LogP) is 1.36. The minimum Gasteiger partial charge on any atom is -0.330 e. The van der Waals surface area contributed by atoms with Crippen molar-refractivity contribution in [2.45, 2.75) is 63.3 Å². The molecule has 1 unspecified atom stereocenters. The number of amides is 2. The summed E-state index contributed by atoms with van der Waals surface area (Å²) < 4.78 is 0. The average molecular weight is 461 g/mol. The van der Waals surface area contributed by atoms with E-state index in [9.17, 15) is 14.9 Å². The first kappa shape index (κ1) is 21.2. The van der Waals surface area contributed by atoms with E-state index in [2.05, 4.69) is 38.5 Å². The molecule has 1 aromatic carbocycles. The number of rotatable bonds is 6. The average Bonchev–Trinajstić information content (AvgIpc) is 3.28. The number of likely N-dealkylation sites (tertiary alicyclic amines) is 3. The first-order valence-corrected chi connectivity index (χ1v) is 12.1. The smallest absolute Gasteiger partial charge is 0.240 e. The largest absolute Gasteiger partial charge is 0.330 e. The van der Waals surface area contributed by atoms with Crippen LogP contribution >= 0.6 is 0 Å². The van der Waals surface area contributed by atoms with Crippen molar-refractivity contribution in [3.8, 4) is 17.5 Å². The molecule has 2 aromatic rings. The number of tetrazole rings is 1. The number of fused-ring (bicyclic) bond motifs is 3. The maximum atomic E-state index is 13.4. The zero-order valence-electron chi connectivity index (χ0n) is 19.3. The predicted molar refractivity (Wildman–Crippen MR) is 121 cm³/mol. The Hall–Kier alpha value is -3.32. The van der Waals surface area contributed by atoms with Crippen molar-refractivity contribution < 1.29 is 9.59 Å². The summed E-state index contributed by atoms with van der Waals surface area (Å²) in [5.41, 5.74) is 1.90. The summed E-state index contributed by atoms with van der Waals surface area (Å²) in [6.07, 6.45) is 2.64. The number of carbonyl (C=O) groups excluding carboxylic acids is 2. The van der Waals surface area contributed by atoms with Crippen LogP contribution in [0.1, 0.15) is 44.7 Å². The number of aromatic amines is 1. The normalized spacial score (nSPS) is 31.4. The molecule has 0 spiro atoms. The molecule has 1 saturated carbocycles. The summed E-state index contributed by atoms with van der Waals surface area (Å²) in [7, 11) is 0. The molecule has 1 aromatic heterocycles. The van der Waals surface area contributed by atoms with Crippen LogP contribution < -0.4 is 0 Å². The number of carbonyl (C=O) groups is 2. The zero-order valence-corrected chi connectivity index (χ0v) is 19.3. The molecule has 3 aliphatic heterocycles. The lowest BCUT2D eigenvalue weighted by Crippen LogP contribution is -2.53. The quantitative estimate of drug-likeness (QED) is 0.691. The van der Waals surface area contributed by atoms with Gasteiger partial charge in [0, 0.05) is 36.7 Å². The summed E-state index contributed by atoms with van der Waals surface area (Å²) in [6.45, 7) is 5.34. The van der Waals surface area contributed by atoms with Crippen molar-refractivity contribution in [3.63, 3.8) is 0 Å². The molecule has 6 rings (SSSR count). The monoisotopic (exact) mass is 460 g/mol. The Morgan fingerprint density at radius 1 is 1.29 bits per heavy atom. The lowest BCUT2D eigenvalue weighted by molar-refractivity contribution is -0.142. The first-order chi connectivity index (χ1) is 16.5. The molecular formula is C24H28N8O2. The third-order valence-corrected chi connectivity index (χ3v) is 8.14. The molecule has 2 bridgehead atoms. The van der Waals surface area contributed by atoms with Crippen molar-refractivity contribution in [3.05, 3.63) is 29.8 Å². The Morgan fingerprint density at radius 2 is 2.15 bits per heavy atom. The summed E-state index contributed by atoms with van der Waals surface area (Å²) in [5.74, 6) is 1.02. The lowest BCUT2D eigenvalue weighted by atomic mass is 10.0. The molecular weight excluding hydrogens is 432 g/mol. The van der Waals surface area contributed by atoms with Gasteiger partial charge in [0.2, 0.25) is 17.6 Å². The van der Waals surface area contributed by atoms with Gasteiger partial charge in [-0.25, -0.2) is 0 Å². The number of benzene rings is 1. The Morgan fingerprint density at radius 3 is 2.88 bits per heavy atom. The van der Waals surface area contributed by atoms with Crippen molar-refractivity contribution in [2.75, 3.05) is 13.1 Å². The minimum atomic E-state index is -0.282. The van der Waals surface area contributed by atoms with Gasteiger partial charge in [0.15, 0.2) is 0 Å². The van der Waals surface area contributed by atoms with Crippen molar-refractivity contribution in [1.29, 1.82) is 5.26 Å². The first-order valence-electron chi connectivity index (χ1n) is 12.1. The highest BCUT2D eigenvalue weighted by Gasteiger charge is 2.55. The van der Waals surface area contributed by atoms with Crippen LogP contribution in [0.15, 0.2) is 24.3 Å². The molecule has 3 saturated heterocycles. The van der Waals surface area contributed by atoms with E-state index in [0.29, 0.717) is 18.3 Å². The topological polar surface area (TPSA) is 122 Å². The fourth-order valence-electron chi connectivity index (χ4n) is 6.35. The van der Waals surface area contributed by atoms with E-state index in [0.717, 1.165) is 36.9 Å². The number of hydrogen-bond acceptors (Lipinski definition) is 7. The van der Waals surface area contributed by atoms with E-state index in [4.69, 9.17) is 0 Å². The zero-order chi connectivity index (χ0) is 23.6. The molecule has 2 amide bonds. The number of piperidine rings is 1. The molecule has 10 heteroatoms. The molecule has 34 heavy (non-hydrogen) atoms. The lowest BCUT2D eigenvalue weighted by Gasteiger charge is -2.38. The summed E-state index contributed by atoms with van der Waals surface area (Å²) in [5, 5.41) is 23.6. The van der Waals surface area contributed by atoms with E-state index in [-0.39, 0.29) is 47.9 Å². The van der Waals surface area contributed by atoms with Crippen LogP contribution in [0.4, 0.5) is 0 Å². The Bertz CT molecular complexity index is 1160. The number of hydrogen-bond donors (Lipinski definition) is 1. The van der Waals surface area contributed by atoms with Gasteiger partial charge in [-0.1, -0.05) is 25.1 Å². The van der Waals surface area contributed by atoms with E-state index in [1.807, 2.05) is 41.0 Å². The van der Waals surface area contributed by atoms with Crippen LogP contribution in [-0.4, -0.2) is 84.4 Å². The number of nitrogens with zero attached hydrogens (tertiary/aromatic N) is 7. The van der Waals surface area contributed by atoms with Gasteiger partial charge in [0.1, 0.15) is 6.04 Å². The van der Waals surface area contributed by atoms with Gasteiger partial charge in [-0.2, -0.15) is 10.5 Å². The van der Waals surface area contributed by atoms with Crippen LogP contribution in [-0.2, 0) is 9.59 Å². The summed E-state index contributed by atoms with van der Waals surface area (Å²) >= 11 is 0. The number of aromatic nitrogens is 4. The van der Waals surface area contributed by atoms with Crippen LogP contribution in [0.25, 0.3) is 11.4 Å². The standard InChI is InChI=1S/C24H28N8O2/c1-13(23(33)32-18(10-25)7-17-8-20(17)32)11-30-12-19-9-21(30)24(34)31(19)14(2)15-4-3-5-16(6-15)22-26-28-29-27-22/h3-6,13-14,17-21H,7-9,11-12H2,1-2H3,(H,26,27,28,29)/t13-,14-,17+,18-,19+,20?,21+/m0/s1. The van der Waals surface area contributed by atoms with Crippen LogP contribution in [0.3, 0.4) is 0 Å². The van der Waals surface area contributed by atoms with Crippen molar-refractivity contribution in [1.82, 2.24) is 35.3 Å². The van der Waals surface area contributed by atoms with Gasteiger partial charge in [-0.05, 0) is 48.9 Å². The number of nitrogens with one attached hydrogen (secondary N) is 1. The molecule has 0 radical (unpaired) electrons. The second-order valence-corrected chi connectivity index (χ2v) is 10.2. The van der Waals surface area contributed by atoms with Gasteiger partial charge >= 0.3 is 0 Å². The highest BCUT2D eigenvalue weighted by Crippen LogP contribution is 2.48. The van der Waals surface area contributed by atoms with E-state index in [1.54, 1.807) is 0 Å². The van der Waals surface area contributed by atoms with E-state index in [1.165, 1.54) is 0 Å². The number of H-pyrrole nitrogens is 1. The Kier molecular flexibility index (Phi) is 4.92. The Labute approximate surface area is 197 Å². The fourth-order valence-corrected chi connectivity index (χ4v) is 6.35. The van der Waals surface area contributed by atoms with Crippen LogP contribution in [0.5, 0.6) is 0 Å². The third-order valence-electron chi connectivity index (χ3n) is 8.14. The molecule has 176 valence electrons. The summed E-state index contributed by atoms with van der Waals surface area (Å²) in [4.78, 5) is 32.5. The van der Waals surface area contributed by atoms with Gasteiger partial charge in [-0.15, -0.1) is 10.2 Å². The van der Waals surface area contributed by atoms with E-state index >= 15 is 0 Å². The maximum Gasteiger partial charge on any atom is 0.240 e. The highest BCUT2D eigenvalue weighted by atomic mass is 16.2. The SMILES string of the molecule is C[C@@H](CN1C[C@H]2C[C@@H]1C(=O)N2[C@@H](C)c1cccc(-c2nn[nH]n2)c1)C(=O)N1C2C[C@H]2C[C@H]1C#N. The third kappa shape index (κ3) is 3.29. The van der Waals surface area contributed by atoms with Gasteiger partial charge in [0.25, 0.3) is 0 Å². The van der Waals surface area contributed by atoms with Gasteiger partial charge in [0.05, 0.1) is 18.2 Å². The maximum absolute atomic E-state index is 13.4. The molecule has 10 nitrogen and oxygen atoms in total. The number of piperazine rings is 1. The Balaban J connectivity index is 1.12. The minimum absolute atomic E-state index is 0.0651. The molecule has 7 atom stereocenters. The number of nitriles is 1. The highest BCUT2D eigenvalue weighted by molar-refractivity contribution is 5.86. The van der Waals surface area contributed by atoms with Gasteiger partial charge in [-0.3, -0.25) is 14.5 Å². The summed E-state index contributed by atoms with van der Waals surface area (Å²) in [6, 6.07) is 10.1.